The number of carbonyl (C=O) groups is 1. The third-order valence-corrected chi connectivity index (χ3v) is 3.59. The van der Waals surface area contributed by atoms with Gasteiger partial charge in [0.1, 0.15) is 0 Å². The standard InChI is InChI=1S/C20H24N2O/c1-16-6-4-5-7-19(16)12-13-20(23)21-14-17-8-10-18(11-9-17)15-22(2)3/h4-13H,14-15H2,1-3H3,(H,21,23)/b13-12+. The lowest BCUT2D eigenvalue weighted by molar-refractivity contribution is -0.116. The van der Waals surface area contributed by atoms with E-state index in [1.807, 2.05) is 37.3 Å². The van der Waals surface area contributed by atoms with E-state index in [0.29, 0.717) is 6.54 Å². The van der Waals surface area contributed by atoms with Crippen molar-refractivity contribution in [1.82, 2.24) is 10.2 Å². The Hall–Kier alpha value is -2.39. The Morgan fingerprint density at radius 3 is 2.35 bits per heavy atom. The summed E-state index contributed by atoms with van der Waals surface area (Å²) in [6.45, 7) is 3.50. The molecule has 2 aromatic carbocycles. The monoisotopic (exact) mass is 308 g/mol. The molecule has 0 saturated carbocycles. The molecule has 2 rings (SSSR count). The average molecular weight is 308 g/mol. The van der Waals surface area contributed by atoms with Gasteiger partial charge in [0.15, 0.2) is 0 Å². The van der Waals surface area contributed by atoms with Gasteiger partial charge in [-0.1, -0.05) is 48.5 Å². The number of nitrogens with one attached hydrogen (secondary N) is 1. The molecule has 120 valence electrons. The first-order valence-corrected chi connectivity index (χ1v) is 7.78. The van der Waals surface area contributed by atoms with Crippen LogP contribution in [0.15, 0.2) is 54.6 Å². The molecule has 0 aliphatic heterocycles. The molecule has 0 aromatic heterocycles. The first kappa shape index (κ1) is 17.0. The number of hydrogen-bond donors (Lipinski definition) is 1. The van der Waals surface area contributed by atoms with Crippen LogP contribution in [0.4, 0.5) is 0 Å². The second kappa shape index (κ2) is 8.30. The van der Waals surface area contributed by atoms with Crippen molar-refractivity contribution in [3.63, 3.8) is 0 Å². The number of hydrogen-bond acceptors (Lipinski definition) is 2. The zero-order valence-corrected chi connectivity index (χ0v) is 14.0. The molecular formula is C20H24N2O. The van der Waals surface area contributed by atoms with Crippen LogP contribution in [0.25, 0.3) is 6.08 Å². The first-order valence-electron chi connectivity index (χ1n) is 7.78. The molecule has 3 nitrogen and oxygen atoms in total. The smallest absolute Gasteiger partial charge is 0.244 e. The van der Waals surface area contributed by atoms with Gasteiger partial charge in [0.25, 0.3) is 0 Å². The second-order valence-electron chi connectivity index (χ2n) is 5.96. The van der Waals surface area contributed by atoms with Gasteiger partial charge >= 0.3 is 0 Å². The lowest BCUT2D eigenvalue weighted by Crippen LogP contribution is -2.20. The summed E-state index contributed by atoms with van der Waals surface area (Å²) >= 11 is 0. The molecule has 3 heteroatoms. The van der Waals surface area contributed by atoms with Crippen LogP contribution in [0, 0.1) is 6.92 Å². The average Bonchev–Trinajstić information content (AvgIpc) is 2.53. The zero-order valence-electron chi connectivity index (χ0n) is 14.0. The van der Waals surface area contributed by atoms with Crippen LogP contribution in [0.1, 0.15) is 22.3 Å². The number of nitrogens with zero attached hydrogens (tertiary/aromatic N) is 1. The topological polar surface area (TPSA) is 32.3 Å². The summed E-state index contributed by atoms with van der Waals surface area (Å²) in [6.07, 6.45) is 3.44. The second-order valence-corrected chi connectivity index (χ2v) is 5.96. The molecule has 0 bridgehead atoms. The first-order chi connectivity index (χ1) is 11.0. The number of rotatable bonds is 6. The summed E-state index contributed by atoms with van der Waals surface area (Å²) in [5.74, 6) is -0.0781. The van der Waals surface area contributed by atoms with Crippen molar-refractivity contribution in [2.75, 3.05) is 14.1 Å². The predicted molar refractivity (Wildman–Crippen MR) is 95.9 cm³/mol. The minimum atomic E-state index is -0.0781. The number of carbonyl (C=O) groups excluding carboxylic acids is 1. The number of benzene rings is 2. The highest BCUT2D eigenvalue weighted by atomic mass is 16.1. The van der Waals surface area contributed by atoms with Crippen LogP contribution in [0.3, 0.4) is 0 Å². The van der Waals surface area contributed by atoms with Crippen LogP contribution in [0.5, 0.6) is 0 Å². The van der Waals surface area contributed by atoms with E-state index in [9.17, 15) is 4.79 Å². The van der Waals surface area contributed by atoms with Crippen LogP contribution in [0.2, 0.25) is 0 Å². The maximum absolute atomic E-state index is 11.9. The SMILES string of the molecule is Cc1ccccc1/C=C/C(=O)NCc1ccc(CN(C)C)cc1. The molecule has 0 unspecified atom stereocenters. The van der Waals surface area contributed by atoms with Crippen LogP contribution in [-0.4, -0.2) is 24.9 Å². The molecule has 23 heavy (non-hydrogen) atoms. The Morgan fingerprint density at radius 2 is 1.70 bits per heavy atom. The van der Waals surface area contributed by atoms with Gasteiger partial charge in [-0.25, -0.2) is 0 Å². The third-order valence-electron chi connectivity index (χ3n) is 3.59. The van der Waals surface area contributed by atoms with Gasteiger partial charge in [0.2, 0.25) is 5.91 Å². The van der Waals surface area contributed by atoms with Crippen LogP contribution in [-0.2, 0) is 17.9 Å². The highest BCUT2D eigenvalue weighted by Crippen LogP contribution is 2.09. The summed E-state index contributed by atoms with van der Waals surface area (Å²) in [5.41, 5.74) is 4.60. The maximum atomic E-state index is 11.9. The Balaban J connectivity index is 1.86. The van der Waals surface area contributed by atoms with E-state index in [2.05, 4.69) is 48.6 Å². The molecule has 0 saturated heterocycles. The number of amides is 1. The summed E-state index contributed by atoms with van der Waals surface area (Å²) in [6, 6.07) is 16.3. The third kappa shape index (κ3) is 5.72. The summed E-state index contributed by atoms with van der Waals surface area (Å²) in [4.78, 5) is 14.0. The molecule has 1 N–H and O–H groups in total. The van der Waals surface area contributed by atoms with E-state index in [1.165, 1.54) is 5.56 Å². The van der Waals surface area contributed by atoms with Gasteiger partial charge in [0.05, 0.1) is 0 Å². The van der Waals surface area contributed by atoms with E-state index < -0.39 is 0 Å². The zero-order chi connectivity index (χ0) is 16.7. The van der Waals surface area contributed by atoms with Gasteiger partial charge in [0, 0.05) is 19.2 Å². The van der Waals surface area contributed by atoms with Gasteiger partial charge < -0.3 is 10.2 Å². The largest absolute Gasteiger partial charge is 0.348 e. The molecule has 0 fully saturated rings. The molecule has 0 radical (unpaired) electrons. The fourth-order valence-corrected chi connectivity index (χ4v) is 2.32. The van der Waals surface area contributed by atoms with Crippen molar-refractivity contribution in [2.45, 2.75) is 20.0 Å². The summed E-state index contributed by atoms with van der Waals surface area (Å²) in [7, 11) is 4.10. The Labute approximate surface area is 138 Å². The lowest BCUT2D eigenvalue weighted by atomic mass is 10.1. The van der Waals surface area contributed by atoms with E-state index in [4.69, 9.17) is 0 Å². The molecular weight excluding hydrogens is 284 g/mol. The molecule has 2 aromatic rings. The Morgan fingerprint density at radius 1 is 1.04 bits per heavy atom. The van der Waals surface area contributed by atoms with Crippen molar-refractivity contribution < 1.29 is 4.79 Å². The van der Waals surface area contributed by atoms with E-state index >= 15 is 0 Å². The predicted octanol–water partition coefficient (Wildman–Crippen LogP) is 3.39. The maximum Gasteiger partial charge on any atom is 0.244 e. The van der Waals surface area contributed by atoms with Crippen molar-refractivity contribution >= 4 is 12.0 Å². The minimum absolute atomic E-state index is 0.0781. The van der Waals surface area contributed by atoms with Crippen molar-refractivity contribution in [1.29, 1.82) is 0 Å². The summed E-state index contributed by atoms with van der Waals surface area (Å²) in [5, 5.41) is 2.91. The minimum Gasteiger partial charge on any atom is -0.348 e. The van der Waals surface area contributed by atoms with Crippen molar-refractivity contribution in [3.8, 4) is 0 Å². The Kier molecular flexibility index (Phi) is 6.12. The highest BCUT2D eigenvalue weighted by molar-refractivity contribution is 5.91. The van der Waals surface area contributed by atoms with Crippen molar-refractivity contribution in [3.05, 3.63) is 76.9 Å². The van der Waals surface area contributed by atoms with Gasteiger partial charge in [-0.15, -0.1) is 0 Å². The normalized spacial score (nSPS) is 11.1. The molecule has 1 amide bonds. The quantitative estimate of drug-likeness (QED) is 0.830. The van der Waals surface area contributed by atoms with E-state index in [1.54, 1.807) is 6.08 Å². The number of aryl methyl sites for hydroxylation is 1. The van der Waals surface area contributed by atoms with Gasteiger partial charge in [-0.2, -0.15) is 0 Å². The van der Waals surface area contributed by atoms with E-state index in [-0.39, 0.29) is 5.91 Å². The van der Waals surface area contributed by atoms with E-state index in [0.717, 1.165) is 23.2 Å². The van der Waals surface area contributed by atoms with Crippen molar-refractivity contribution in [2.24, 2.45) is 0 Å². The molecule has 0 aliphatic carbocycles. The fourth-order valence-electron chi connectivity index (χ4n) is 2.32. The fraction of sp³-hybridized carbons (Fsp3) is 0.250. The summed E-state index contributed by atoms with van der Waals surface area (Å²) < 4.78 is 0. The molecule has 0 atom stereocenters. The molecule has 0 spiro atoms. The lowest BCUT2D eigenvalue weighted by Gasteiger charge is -2.10. The van der Waals surface area contributed by atoms with Gasteiger partial charge in [-0.05, 0) is 49.3 Å². The van der Waals surface area contributed by atoms with Crippen LogP contribution < -0.4 is 5.32 Å². The highest BCUT2D eigenvalue weighted by Gasteiger charge is 1.99. The Bertz CT molecular complexity index is 672. The molecule has 0 aliphatic rings. The van der Waals surface area contributed by atoms with Gasteiger partial charge in [-0.3, -0.25) is 4.79 Å². The molecule has 0 heterocycles. The van der Waals surface area contributed by atoms with Crippen LogP contribution >= 0.6 is 0 Å².